The highest BCUT2D eigenvalue weighted by molar-refractivity contribution is 5.66. The average Bonchev–Trinajstić information content (AvgIpc) is 3.29. The van der Waals surface area contributed by atoms with Crippen molar-refractivity contribution < 1.29 is 4.57 Å². The van der Waals surface area contributed by atoms with Crippen LogP contribution in [0.4, 0.5) is 5.69 Å². The highest BCUT2D eigenvalue weighted by Crippen LogP contribution is 2.25. The normalized spacial score (nSPS) is 11.4. The Balaban J connectivity index is 1.59. The average molecular weight is 840 g/mol. The van der Waals surface area contributed by atoms with Crippen molar-refractivity contribution in [3.05, 3.63) is 48.3 Å². The van der Waals surface area contributed by atoms with Crippen LogP contribution in [-0.2, 0) is 6.54 Å². The van der Waals surface area contributed by atoms with Gasteiger partial charge in [0.25, 0.3) is 5.69 Å². The van der Waals surface area contributed by atoms with Crippen molar-refractivity contribution in [3.8, 4) is 23.5 Å². The minimum Gasteiger partial charge on any atom is -0.372 e. The third-order valence-corrected chi connectivity index (χ3v) is 13.7. The van der Waals surface area contributed by atoms with E-state index in [-0.39, 0.29) is 0 Å². The highest BCUT2D eigenvalue weighted by Gasteiger charge is 2.11. The van der Waals surface area contributed by atoms with Gasteiger partial charge in [-0.2, -0.15) is 4.57 Å². The number of anilines is 1. The molecule has 2 heteroatoms. The van der Waals surface area contributed by atoms with Crippen LogP contribution >= 0.6 is 0 Å². The maximum Gasteiger partial charge on any atom is 0.257 e. The summed E-state index contributed by atoms with van der Waals surface area (Å²) in [6.45, 7) is 10.0. The molecule has 1 heterocycles. The van der Waals surface area contributed by atoms with Crippen LogP contribution in [0.3, 0.4) is 0 Å². The third-order valence-electron chi connectivity index (χ3n) is 13.7. The van der Waals surface area contributed by atoms with E-state index in [0.29, 0.717) is 0 Å². The Morgan fingerprint density at radius 1 is 0.377 bits per heavy atom. The van der Waals surface area contributed by atoms with E-state index in [4.69, 9.17) is 6.42 Å². The molecule has 0 bridgehead atoms. The van der Waals surface area contributed by atoms with E-state index in [1.165, 1.54) is 287 Å². The molecule has 0 saturated carbocycles. The summed E-state index contributed by atoms with van der Waals surface area (Å²) in [5.74, 6) is 2.88. The number of hydrogen-bond acceptors (Lipinski definition) is 1. The summed E-state index contributed by atoms with van der Waals surface area (Å²) < 4.78 is 2.14. The molecule has 1 aromatic heterocycles. The molecule has 348 valence electrons. The van der Waals surface area contributed by atoms with Crippen LogP contribution in [0.15, 0.2) is 42.6 Å². The Morgan fingerprint density at radius 2 is 0.672 bits per heavy atom. The minimum absolute atomic E-state index is 0.896. The molecule has 0 N–H and O–H groups in total. The zero-order chi connectivity index (χ0) is 43.5. The van der Waals surface area contributed by atoms with Gasteiger partial charge in [-0.3, -0.25) is 0 Å². The van der Waals surface area contributed by atoms with E-state index in [2.05, 4.69) is 78.8 Å². The molecule has 0 aliphatic carbocycles. The number of rotatable bonds is 45. The van der Waals surface area contributed by atoms with Gasteiger partial charge < -0.3 is 4.90 Å². The number of aromatic nitrogens is 1. The molecule has 0 unspecified atom stereocenters. The second-order valence-electron chi connectivity index (χ2n) is 19.2. The van der Waals surface area contributed by atoms with Crippen molar-refractivity contribution >= 4 is 5.69 Å². The molecule has 0 atom stereocenters. The Labute approximate surface area is 382 Å². The Hall–Kier alpha value is -2.27. The largest absolute Gasteiger partial charge is 0.372 e. The first-order chi connectivity index (χ1) is 30.2. The number of hydrogen-bond donors (Lipinski definition) is 0. The van der Waals surface area contributed by atoms with E-state index in [1.807, 2.05) is 0 Å². The van der Waals surface area contributed by atoms with E-state index in [1.54, 1.807) is 0 Å². The van der Waals surface area contributed by atoms with E-state index in [9.17, 15) is 0 Å². The van der Waals surface area contributed by atoms with Crippen LogP contribution in [0, 0.1) is 12.3 Å². The van der Waals surface area contributed by atoms with Crippen LogP contribution in [0.2, 0.25) is 0 Å². The fourth-order valence-electron chi connectivity index (χ4n) is 9.46. The molecule has 2 aromatic rings. The lowest BCUT2D eigenvalue weighted by Gasteiger charge is -2.25. The summed E-state index contributed by atoms with van der Waals surface area (Å²) in [5, 5.41) is 0. The van der Waals surface area contributed by atoms with Crippen LogP contribution < -0.4 is 9.47 Å². The van der Waals surface area contributed by atoms with Crippen molar-refractivity contribution in [3.63, 3.8) is 0 Å². The summed E-state index contributed by atoms with van der Waals surface area (Å²) in [7, 11) is 0. The SMILES string of the molecule is C#Cc1cc(-c2ccc(N(CCCCCCCCCCCCCCCCCCCCCC)CCCCCCCCCCCCCCCCCCCCCC)cc2)cc[n+]1CC. The van der Waals surface area contributed by atoms with Crippen molar-refractivity contribution in [2.45, 2.75) is 284 Å². The lowest BCUT2D eigenvalue weighted by atomic mass is 10.0. The Bertz CT molecular complexity index is 1210. The predicted molar refractivity (Wildman–Crippen MR) is 274 cm³/mol. The van der Waals surface area contributed by atoms with Gasteiger partial charge in [-0.1, -0.05) is 270 Å². The zero-order valence-corrected chi connectivity index (χ0v) is 41.4. The molecular formula is C59H103N2+. The van der Waals surface area contributed by atoms with Gasteiger partial charge in [0.15, 0.2) is 6.20 Å². The third kappa shape index (κ3) is 30.5. The van der Waals surface area contributed by atoms with Crippen LogP contribution in [0.5, 0.6) is 0 Å². The predicted octanol–water partition coefficient (Wildman–Crippen LogP) is 19.1. The quantitative estimate of drug-likeness (QED) is 0.0366. The smallest absolute Gasteiger partial charge is 0.257 e. The number of pyridine rings is 1. The maximum absolute atomic E-state index is 5.85. The molecule has 1 aromatic carbocycles. The molecule has 61 heavy (non-hydrogen) atoms. The van der Waals surface area contributed by atoms with Gasteiger partial charge in [-0.25, -0.2) is 0 Å². The van der Waals surface area contributed by atoms with Crippen LogP contribution in [-0.4, -0.2) is 13.1 Å². The molecule has 0 saturated heterocycles. The molecule has 0 aliphatic rings. The van der Waals surface area contributed by atoms with Crippen molar-refractivity contribution in [1.29, 1.82) is 0 Å². The van der Waals surface area contributed by atoms with E-state index < -0.39 is 0 Å². The Morgan fingerprint density at radius 3 is 0.951 bits per heavy atom. The standard InChI is InChI=1S/C59H103N2/c1-5-9-11-13-15-17-19-21-23-25-27-29-31-33-35-37-39-41-43-45-52-61(59-49-47-56(48-50-59)57-51-54-60(8-4)58(7-3)55-57)53-46-44-42-40-38-36-34-32-30-28-26-24-22-20-18-16-14-12-10-6-2/h3,47-51,54-55H,5-6,8-46,52-53H2,1-2,4H3/q+1. The topological polar surface area (TPSA) is 7.12 Å². The number of terminal acetylenes is 1. The summed E-state index contributed by atoms with van der Waals surface area (Å²) >= 11 is 0. The summed E-state index contributed by atoms with van der Waals surface area (Å²) in [6, 6.07) is 13.7. The fraction of sp³-hybridized carbons (Fsp3) is 0.780. The molecule has 0 amide bonds. The van der Waals surface area contributed by atoms with Crippen molar-refractivity contribution in [2.75, 3.05) is 18.0 Å². The minimum atomic E-state index is 0.896. The summed E-state index contributed by atoms with van der Waals surface area (Å²) in [6.07, 6.45) is 65.4. The monoisotopic (exact) mass is 840 g/mol. The molecule has 0 spiro atoms. The first kappa shape index (κ1) is 54.9. The number of benzene rings is 1. The van der Waals surface area contributed by atoms with Crippen molar-refractivity contribution in [2.24, 2.45) is 0 Å². The summed E-state index contributed by atoms with van der Waals surface area (Å²) in [5.41, 5.74) is 4.79. The van der Waals surface area contributed by atoms with Crippen molar-refractivity contribution in [1.82, 2.24) is 0 Å². The number of unbranched alkanes of at least 4 members (excludes halogenated alkanes) is 38. The zero-order valence-electron chi connectivity index (χ0n) is 41.4. The second kappa shape index (κ2) is 41.7. The number of nitrogens with zero attached hydrogens (tertiary/aromatic N) is 2. The molecule has 2 nitrogen and oxygen atoms in total. The van der Waals surface area contributed by atoms with Gasteiger partial charge in [-0.05, 0) is 48.9 Å². The molecule has 0 aliphatic heterocycles. The molecule has 0 radical (unpaired) electrons. The van der Waals surface area contributed by atoms with Crippen LogP contribution in [0.1, 0.15) is 283 Å². The fourth-order valence-corrected chi connectivity index (χ4v) is 9.46. The lowest BCUT2D eigenvalue weighted by molar-refractivity contribution is -0.695. The van der Waals surface area contributed by atoms with Gasteiger partial charge in [0.2, 0.25) is 0 Å². The van der Waals surface area contributed by atoms with Gasteiger partial charge in [0.05, 0.1) is 0 Å². The summed E-state index contributed by atoms with van der Waals surface area (Å²) in [4.78, 5) is 2.69. The highest BCUT2D eigenvalue weighted by atomic mass is 15.1. The van der Waals surface area contributed by atoms with E-state index in [0.717, 1.165) is 12.2 Å². The second-order valence-corrected chi connectivity index (χ2v) is 19.2. The molecule has 2 rings (SSSR count). The van der Waals surface area contributed by atoms with Gasteiger partial charge in [-0.15, -0.1) is 6.42 Å². The van der Waals surface area contributed by atoms with Gasteiger partial charge in [0.1, 0.15) is 6.54 Å². The van der Waals surface area contributed by atoms with Gasteiger partial charge in [0, 0.05) is 30.9 Å². The first-order valence-corrected chi connectivity index (χ1v) is 27.6. The van der Waals surface area contributed by atoms with Gasteiger partial charge >= 0.3 is 0 Å². The number of aryl methyl sites for hydroxylation is 1. The van der Waals surface area contributed by atoms with E-state index >= 15 is 0 Å². The Kier molecular flexibility index (Phi) is 37.5. The van der Waals surface area contributed by atoms with Crippen LogP contribution in [0.25, 0.3) is 11.1 Å². The first-order valence-electron chi connectivity index (χ1n) is 27.6. The lowest BCUT2D eigenvalue weighted by Crippen LogP contribution is -2.35. The molecular weight excluding hydrogens is 737 g/mol. The maximum atomic E-state index is 5.85. The molecule has 0 fully saturated rings.